The molecular weight excluding hydrogens is 309 g/mol. The number of nitrogens with zero attached hydrogens (tertiary/aromatic N) is 2. The van der Waals surface area contributed by atoms with E-state index in [9.17, 15) is 0 Å². The van der Waals surface area contributed by atoms with Crippen molar-refractivity contribution in [3.63, 3.8) is 0 Å². The third-order valence-corrected chi connectivity index (χ3v) is 3.36. The molecule has 0 fully saturated rings. The number of halogens is 2. The average Bonchev–Trinajstić information content (AvgIpc) is 2.48. The van der Waals surface area contributed by atoms with Crippen LogP contribution < -0.4 is 10.1 Å². The summed E-state index contributed by atoms with van der Waals surface area (Å²) < 4.78 is 5.47. The van der Waals surface area contributed by atoms with Crippen molar-refractivity contribution in [2.75, 3.05) is 18.5 Å². The monoisotopic (exact) mass is 325 g/mol. The van der Waals surface area contributed by atoms with Crippen LogP contribution in [0.2, 0.25) is 10.0 Å². The van der Waals surface area contributed by atoms with Crippen molar-refractivity contribution < 1.29 is 4.74 Å². The molecule has 1 aromatic carbocycles. The van der Waals surface area contributed by atoms with Gasteiger partial charge >= 0.3 is 0 Å². The lowest BCUT2D eigenvalue weighted by Crippen LogP contribution is -2.09. The maximum absolute atomic E-state index is 6.13. The summed E-state index contributed by atoms with van der Waals surface area (Å²) in [6.45, 7) is 3.38. The number of aromatic nitrogens is 2. The second-order valence-electron chi connectivity index (χ2n) is 4.48. The van der Waals surface area contributed by atoms with Crippen LogP contribution in [-0.4, -0.2) is 23.1 Å². The summed E-state index contributed by atoms with van der Waals surface area (Å²) in [5, 5.41) is 4.47. The molecule has 0 aliphatic rings. The minimum Gasteiger partial charge on any atom is -0.478 e. The fourth-order valence-electron chi connectivity index (χ4n) is 1.75. The van der Waals surface area contributed by atoms with Crippen LogP contribution in [-0.2, 0) is 6.42 Å². The predicted octanol–water partition coefficient (Wildman–Crippen LogP) is 4.23. The van der Waals surface area contributed by atoms with Crippen LogP contribution in [0.4, 0.5) is 5.95 Å². The molecule has 0 aliphatic heterocycles. The lowest BCUT2D eigenvalue weighted by molar-refractivity contribution is 0.305. The number of benzene rings is 1. The van der Waals surface area contributed by atoms with Crippen molar-refractivity contribution in [1.82, 2.24) is 9.97 Å². The van der Waals surface area contributed by atoms with E-state index in [2.05, 4.69) is 22.2 Å². The topological polar surface area (TPSA) is 47.0 Å². The Kier molecular flexibility index (Phi) is 6.08. The second kappa shape index (κ2) is 8.05. The number of anilines is 1. The first-order valence-electron chi connectivity index (χ1n) is 6.82. The maximum Gasteiger partial charge on any atom is 0.225 e. The molecule has 2 aromatic rings. The Bertz CT molecular complexity index is 593. The smallest absolute Gasteiger partial charge is 0.225 e. The molecule has 0 unspecified atom stereocenters. The molecule has 21 heavy (non-hydrogen) atoms. The molecule has 0 saturated carbocycles. The van der Waals surface area contributed by atoms with Crippen molar-refractivity contribution in [2.45, 2.75) is 19.8 Å². The van der Waals surface area contributed by atoms with Crippen molar-refractivity contribution in [3.8, 4) is 5.88 Å². The summed E-state index contributed by atoms with van der Waals surface area (Å²) in [5.41, 5.74) is 1.03. The number of rotatable bonds is 7. The van der Waals surface area contributed by atoms with E-state index < -0.39 is 0 Å². The van der Waals surface area contributed by atoms with E-state index in [0.29, 0.717) is 35.0 Å². The highest BCUT2D eigenvalue weighted by atomic mass is 35.5. The highest BCUT2D eigenvalue weighted by Crippen LogP contribution is 2.21. The first-order valence-corrected chi connectivity index (χ1v) is 7.58. The van der Waals surface area contributed by atoms with Gasteiger partial charge in [-0.25, -0.2) is 4.98 Å². The zero-order valence-corrected chi connectivity index (χ0v) is 13.3. The van der Waals surface area contributed by atoms with Gasteiger partial charge in [0.05, 0.1) is 6.61 Å². The van der Waals surface area contributed by atoms with Gasteiger partial charge in [0.1, 0.15) is 0 Å². The van der Waals surface area contributed by atoms with E-state index in [0.717, 1.165) is 18.4 Å². The molecule has 0 aliphatic carbocycles. The fourth-order valence-corrected chi connectivity index (χ4v) is 2.25. The van der Waals surface area contributed by atoms with Gasteiger partial charge < -0.3 is 10.1 Å². The summed E-state index contributed by atoms with van der Waals surface area (Å²) in [4.78, 5) is 8.44. The Balaban J connectivity index is 1.88. The third kappa shape index (κ3) is 5.06. The fraction of sp³-hybridized carbons (Fsp3) is 0.333. The Morgan fingerprint density at radius 3 is 2.86 bits per heavy atom. The van der Waals surface area contributed by atoms with E-state index in [1.54, 1.807) is 18.3 Å². The molecule has 0 spiro atoms. The van der Waals surface area contributed by atoms with E-state index >= 15 is 0 Å². The summed E-state index contributed by atoms with van der Waals surface area (Å²) >= 11 is 12.0. The average molecular weight is 326 g/mol. The summed E-state index contributed by atoms with van der Waals surface area (Å²) in [6, 6.07) is 7.25. The third-order valence-electron chi connectivity index (χ3n) is 2.78. The molecule has 1 aromatic heterocycles. The SMILES string of the molecule is CCCOc1ccnc(NCCc2ccc(Cl)cc2Cl)n1. The van der Waals surface area contributed by atoms with Crippen LogP contribution in [0.15, 0.2) is 30.5 Å². The highest BCUT2D eigenvalue weighted by Gasteiger charge is 2.03. The van der Waals surface area contributed by atoms with Crippen LogP contribution in [0, 0.1) is 0 Å². The Morgan fingerprint density at radius 1 is 1.24 bits per heavy atom. The molecule has 0 saturated heterocycles. The van der Waals surface area contributed by atoms with E-state index in [4.69, 9.17) is 27.9 Å². The normalized spacial score (nSPS) is 10.4. The first kappa shape index (κ1) is 15.9. The van der Waals surface area contributed by atoms with Crippen molar-refractivity contribution in [2.24, 2.45) is 0 Å². The van der Waals surface area contributed by atoms with Gasteiger partial charge in [-0.1, -0.05) is 36.2 Å². The van der Waals surface area contributed by atoms with Gasteiger partial charge in [-0.2, -0.15) is 4.98 Å². The summed E-state index contributed by atoms with van der Waals surface area (Å²) in [7, 11) is 0. The molecule has 0 atom stereocenters. The lowest BCUT2D eigenvalue weighted by Gasteiger charge is -2.08. The Labute approximate surface area is 134 Å². The summed E-state index contributed by atoms with van der Waals surface area (Å²) in [6.07, 6.45) is 3.39. The Hall–Kier alpha value is -1.52. The van der Waals surface area contributed by atoms with Crippen molar-refractivity contribution in [3.05, 3.63) is 46.1 Å². The van der Waals surface area contributed by atoms with Gasteiger partial charge in [0.25, 0.3) is 0 Å². The minimum atomic E-state index is 0.550. The summed E-state index contributed by atoms with van der Waals surface area (Å²) in [5.74, 6) is 1.13. The van der Waals surface area contributed by atoms with Gasteiger partial charge in [-0.3, -0.25) is 0 Å². The number of ether oxygens (including phenoxy) is 1. The van der Waals surface area contributed by atoms with Gasteiger partial charge in [-0.05, 0) is 30.5 Å². The molecular formula is C15H17Cl2N3O. The zero-order valence-electron chi connectivity index (χ0n) is 11.8. The van der Waals surface area contributed by atoms with Crippen LogP contribution in [0.5, 0.6) is 5.88 Å². The van der Waals surface area contributed by atoms with Crippen molar-refractivity contribution >= 4 is 29.2 Å². The van der Waals surface area contributed by atoms with Crippen LogP contribution in [0.3, 0.4) is 0 Å². The van der Waals surface area contributed by atoms with Crippen LogP contribution in [0.1, 0.15) is 18.9 Å². The quantitative estimate of drug-likeness (QED) is 0.827. The van der Waals surface area contributed by atoms with Gasteiger partial charge in [0.15, 0.2) is 0 Å². The molecule has 1 N–H and O–H groups in total. The number of nitrogens with one attached hydrogen (secondary N) is 1. The van der Waals surface area contributed by atoms with Crippen LogP contribution >= 0.6 is 23.2 Å². The van der Waals surface area contributed by atoms with E-state index in [1.807, 2.05) is 12.1 Å². The number of hydrogen-bond acceptors (Lipinski definition) is 4. The molecule has 1 heterocycles. The minimum absolute atomic E-state index is 0.550. The lowest BCUT2D eigenvalue weighted by atomic mass is 10.1. The van der Waals surface area contributed by atoms with Crippen LogP contribution in [0.25, 0.3) is 0 Å². The molecule has 112 valence electrons. The van der Waals surface area contributed by atoms with Gasteiger partial charge in [-0.15, -0.1) is 0 Å². The number of hydrogen-bond donors (Lipinski definition) is 1. The van der Waals surface area contributed by atoms with Gasteiger partial charge in [0.2, 0.25) is 11.8 Å². The molecule has 0 radical (unpaired) electrons. The van der Waals surface area contributed by atoms with Crippen molar-refractivity contribution in [1.29, 1.82) is 0 Å². The molecule has 2 rings (SSSR count). The maximum atomic E-state index is 6.13. The molecule has 0 bridgehead atoms. The van der Waals surface area contributed by atoms with E-state index in [1.165, 1.54) is 0 Å². The predicted molar refractivity (Wildman–Crippen MR) is 86.5 cm³/mol. The highest BCUT2D eigenvalue weighted by molar-refractivity contribution is 6.35. The standard InChI is InChI=1S/C15H17Cl2N3O/c1-2-9-21-14-6-8-19-15(20-14)18-7-5-11-3-4-12(16)10-13(11)17/h3-4,6,8,10H,2,5,7,9H2,1H3,(H,18,19,20). The largest absolute Gasteiger partial charge is 0.478 e. The Morgan fingerprint density at radius 2 is 2.10 bits per heavy atom. The molecule has 6 heteroatoms. The molecule has 4 nitrogen and oxygen atoms in total. The zero-order chi connectivity index (χ0) is 15.1. The van der Waals surface area contributed by atoms with Gasteiger partial charge in [0, 0.05) is 28.9 Å². The van der Waals surface area contributed by atoms with E-state index in [-0.39, 0.29) is 0 Å². The second-order valence-corrected chi connectivity index (χ2v) is 5.32. The first-order chi connectivity index (χ1) is 10.2. The molecule has 0 amide bonds.